The van der Waals surface area contributed by atoms with Gasteiger partial charge in [0.2, 0.25) is 11.8 Å². The highest BCUT2D eigenvalue weighted by Gasteiger charge is 2.17. The maximum Gasteiger partial charge on any atom is 0.242 e. The molecule has 0 saturated carbocycles. The molecule has 3 N–H and O–H groups in total. The predicted octanol–water partition coefficient (Wildman–Crippen LogP) is 3.59. The Bertz CT molecular complexity index is 793. The van der Waals surface area contributed by atoms with Crippen LogP contribution >= 0.6 is 0 Å². The van der Waals surface area contributed by atoms with Gasteiger partial charge in [-0.3, -0.25) is 9.59 Å². The molecule has 2 atom stereocenters. The quantitative estimate of drug-likeness (QED) is 0.618. The van der Waals surface area contributed by atoms with Gasteiger partial charge in [-0.1, -0.05) is 30.3 Å². The van der Waals surface area contributed by atoms with Crippen molar-refractivity contribution in [3.05, 3.63) is 54.1 Å². The lowest BCUT2D eigenvalue weighted by atomic mass is 10.1. The minimum absolute atomic E-state index is 0.0598. The van der Waals surface area contributed by atoms with Gasteiger partial charge < -0.3 is 20.7 Å². The van der Waals surface area contributed by atoms with Gasteiger partial charge in [0.1, 0.15) is 11.8 Å². The smallest absolute Gasteiger partial charge is 0.242 e. The number of anilines is 2. The summed E-state index contributed by atoms with van der Waals surface area (Å²) in [5, 5.41) is 8.94. The maximum atomic E-state index is 12.5. The summed E-state index contributed by atoms with van der Waals surface area (Å²) in [7, 11) is 1.56. The molecule has 0 bridgehead atoms. The maximum absolute atomic E-state index is 12.5. The van der Waals surface area contributed by atoms with E-state index in [2.05, 4.69) is 28.1 Å². The molecule has 0 spiro atoms. The number of hydrogen-bond donors (Lipinski definition) is 3. The van der Waals surface area contributed by atoms with Crippen molar-refractivity contribution in [2.75, 3.05) is 17.7 Å². The van der Waals surface area contributed by atoms with E-state index in [4.69, 9.17) is 4.74 Å². The largest absolute Gasteiger partial charge is 0.495 e. The number of carbonyl (C=O) groups is 2. The van der Waals surface area contributed by atoms with E-state index in [0.717, 1.165) is 12.8 Å². The van der Waals surface area contributed by atoms with E-state index in [1.807, 2.05) is 25.1 Å². The summed E-state index contributed by atoms with van der Waals surface area (Å²) in [5.41, 5.74) is 2.54. The Labute approximate surface area is 166 Å². The van der Waals surface area contributed by atoms with Crippen LogP contribution in [0.2, 0.25) is 0 Å². The van der Waals surface area contributed by atoms with Gasteiger partial charge in [0.05, 0.1) is 12.8 Å². The average Bonchev–Trinajstić information content (AvgIpc) is 2.67. The van der Waals surface area contributed by atoms with Gasteiger partial charge >= 0.3 is 0 Å². The molecule has 2 aromatic carbocycles. The van der Waals surface area contributed by atoms with Gasteiger partial charge in [-0.15, -0.1) is 0 Å². The van der Waals surface area contributed by atoms with Gasteiger partial charge in [-0.05, 0) is 50.5 Å². The predicted molar refractivity (Wildman–Crippen MR) is 113 cm³/mol. The summed E-state index contributed by atoms with van der Waals surface area (Å²) in [6.45, 7) is 5.25. The van der Waals surface area contributed by atoms with Gasteiger partial charge in [-0.2, -0.15) is 0 Å². The Hall–Kier alpha value is -3.02. The number of rotatable bonds is 9. The molecule has 0 unspecified atom stereocenters. The summed E-state index contributed by atoms with van der Waals surface area (Å²) in [5.74, 6) is 0.354. The van der Waals surface area contributed by atoms with Crippen LogP contribution in [0.25, 0.3) is 0 Å². The number of carbonyl (C=O) groups excluding carboxylic acids is 2. The minimum Gasteiger partial charge on any atom is -0.495 e. The fraction of sp³-hybridized carbons (Fsp3) is 0.364. The highest BCUT2D eigenvalue weighted by atomic mass is 16.5. The highest BCUT2D eigenvalue weighted by molar-refractivity contribution is 5.90. The fourth-order valence-electron chi connectivity index (χ4n) is 2.87. The average molecular weight is 383 g/mol. The molecule has 6 heteroatoms. The number of amides is 2. The first-order valence-electron chi connectivity index (χ1n) is 9.45. The Balaban J connectivity index is 1.92. The molecule has 0 aliphatic heterocycles. The van der Waals surface area contributed by atoms with Crippen LogP contribution in [0.3, 0.4) is 0 Å². The van der Waals surface area contributed by atoms with Crippen LogP contribution in [0.15, 0.2) is 48.5 Å². The molecule has 0 radical (unpaired) electrons. The zero-order valence-electron chi connectivity index (χ0n) is 16.9. The van der Waals surface area contributed by atoms with E-state index in [1.165, 1.54) is 12.5 Å². The van der Waals surface area contributed by atoms with Crippen LogP contribution in [-0.4, -0.2) is 31.0 Å². The monoisotopic (exact) mass is 383 g/mol. The molecule has 28 heavy (non-hydrogen) atoms. The van der Waals surface area contributed by atoms with E-state index >= 15 is 0 Å². The molecule has 2 aromatic rings. The molecule has 0 aromatic heterocycles. The van der Waals surface area contributed by atoms with Crippen molar-refractivity contribution in [1.82, 2.24) is 5.32 Å². The van der Waals surface area contributed by atoms with Gasteiger partial charge in [0, 0.05) is 18.7 Å². The lowest BCUT2D eigenvalue weighted by Gasteiger charge is -2.21. The van der Waals surface area contributed by atoms with Crippen LogP contribution in [0, 0.1) is 0 Å². The summed E-state index contributed by atoms with van der Waals surface area (Å²) in [4.78, 5) is 23.8. The third kappa shape index (κ3) is 6.61. The number of methoxy groups -OCH3 is 1. The standard InChI is InChI=1S/C22H29N3O3/c1-15(10-11-18-8-6-5-7-9-18)23-22(27)16(2)24-20-14-19(25-17(3)26)12-13-21(20)28-4/h5-9,12-16,24H,10-11H2,1-4H3,(H,23,27)(H,25,26)/t15-,16+/m1/s1. The molecule has 0 heterocycles. The van der Waals surface area contributed by atoms with Crippen molar-refractivity contribution < 1.29 is 14.3 Å². The second-order valence-corrected chi connectivity index (χ2v) is 6.90. The molecule has 0 fully saturated rings. The third-order valence-electron chi connectivity index (χ3n) is 4.38. The molecule has 2 amide bonds. The van der Waals surface area contributed by atoms with Gasteiger partial charge in [-0.25, -0.2) is 0 Å². The number of aryl methyl sites for hydroxylation is 1. The van der Waals surface area contributed by atoms with Crippen LogP contribution in [0.4, 0.5) is 11.4 Å². The molecule has 2 rings (SSSR count). The SMILES string of the molecule is COc1ccc(NC(C)=O)cc1N[C@@H](C)C(=O)N[C@H](C)CCc1ccccc1. The summed E-state index contributed by atoms with van der Waals surface area (Å²) >= 11 is 0. The van der Waals surface area contributed by atoms with Gasteiger partial charge in [0.25, 0.3) is 0 Å². The van der Waals surface area contributed by atoms with Crippen molar-refractivity contribution in [3.63, 3.8) is 0 Å². The Kier molecular flexibility index (Phi) is 7.87. The van der Waals surface area contributed by atoms with Crippen molar-refractivity contribution >= 4 is 23.2 Å². The first-order chi connectivity index (χ1) is 13.4. The number of hydrogen-bond acceptors (Lipinski definition) is 4. The Morgan fingerprint density at radius 2 is 1.79 bits per heavy atom. The van der Waals surface area contributed by atoms with Crippen LogP contribution in [-0.2, 0) is 16.0 Å². The van der Waals surface area contributed by atoms with Crippen LogP contribution < -0.4 is 20.7 Å². The second-order valence-electron chi connectivity index (χ2n) is 6.90. The molecular weight excluding hydrogens is 354 g/mol. The topological polar surface area (TPSA) is 79.5 Å². The molecule has 0 aliphatic carbocycles. The summed E-state index contributed by atoms with van der Waals surface area (Å²) < 4.78 is 5.35. The van der Waals surface area contributed by atoms with Crippen LogP contribution in [0.1, 0.15) is 32.8 Å². The molecule has 6 nitrogen and oxygen atoms in total. The molecule has 150 valence electrons. The third-order valence-corrected chi connectivity index (χ3v) is 4.38. The van der Waals surface area contributed by atoms with E-state index < -0.39 is 6.04 Å². The summed E-state index contributed by atoms with van der Waals surface area (Å²) in [6.07, 6.45) is 1.78. The molecule has 0 aliphatic rings. The van der Waals surface area contributed by atoms with Crippen molar-refractivity contribution in [2.24, 2.45) is 0 Å². The van der Waals surface area contributed by atoms with E-state index in [9.17, 15) is 9.59 Å². The second kappa shape index (κ2) is 10.3. The lowest BCUT2D eigenvalue weighted by Crippen LogP contribution is -2.42. The van der Waals surface area contributed by atoms with Crippen LogP contribution in [0.5, 0.6) is 5.75 Å². The summed E-state index contributed by atoms with van der Waals surface area (Å²) in [6, 6.07) is 15.1. The number of ether oxygens (including phenoxy) is 1. The lowest BCUT2D eigenvalue weighted by molar-refractivity contribution is -0.122. The van der Waals surface area contributed by atoms with E-state index in [-0.39, 0.29) is 17.9 Å². The van der Waals surface area contributed by atoms with Crippen molar-refractivity contribution in [3.8, 4) is 5.75 Å². The zero-order chi connectivity index (χ0) is 20.5. The first-order valence-corrected chi connectivity index (χ1v) is 9.45. The van der Waals surface area contributed by atoms with Crippen molar-refractivity contribution in [2.45, 2.75) is 45.7 Å². The minimum atomic E-state index is -0.458. The first kappa shape index (κ1) is 21.3. The zero-order valence-corrected chi connectivity index (χ0v) is 16.9. The van der Waals surface area contributed by atoms with Crippen molar-refractivity contribution in [1.29, 1.82) is 0 Å². The Morgan fingerprint density at radius 3 is 2.43 bits per heavy atom. The number of benzene rings is 2. The molecular formula is C22H29N3O3. The van der Waals surface area contributed by atoms with Gasteiger partial charge in [0.15, 0.2) is 0 Å². The normalized spacial score (nSPS) is 12.6. The fourth-order valence-corrected chi connectivity index (χ4v) is 2.87. The van der Waals surface area contributed by atoms with E-state index in [0.29, 0.717) is 17.1 Å². The highest BCUT2D eigenvalue weighted by Crippen LogP contribution is 2.28. The number of nitrogens with one attached hydrogen (secondary N) is 3. The molecule has 0 saturated heterocycles. The Morgan fingerprint density at radius 1 is 1.07 bits per heavy atom. The van der Waals surface area contributed by atoms with E-state index in [1.54, 1.807) is 32.2 Å².